The summed E-state index contributed by atoms with van der Waals surface area (Å²) in [6, 6.07) is 21.0. The maximum Gasteiger partial charge on any atom is 0.294 e. The van der Waals surface area contributed by atoms with Crippen molar-refractivity contribution in [3.63, 3.8) is 0 Å². The van der Waals surface area contributed by atoms with E-state index in [1.54, 1.807) is 60.7 Å². The molecule has 1 heterocycles. The molecule has 3 aromatic rings. The fourth-order valence-electron chi connectivity index (χ4n) is 3.49. The van der Waals surface area contributed by atoms with Crippen molar-refractivity contribution >= 4 is 52.2 Å². The number of benzene rings is 3. The largest absolute Gasteiger partial charge is 0.493 e. The van der Waals surface area contributed by atoms with Crippen LogP contribution >= 0.6 is 23.4 Å². The molecule has 0 bridgehead atoms. The molecule has 0 atom stereocenters. The van der Waals surface area contributed by atoms with Gasteiger partial charge in [-0.25, -0.2) is 0 Å². The first-order valence-electron chi connectivity index (χ1n) is 11.0. The van der Waals surface area contributed by atoms with Gasteiger partial charge in [0.2, 0.25) is 5.91 Å². The minimum atomic E-state index is -0.572. The molecule has 1 saturated heterocycles. The average molecular weight is 534 g/mol. The SMILES string of the molecule is COc1cc(C=C2SC(=O)N(CC(=O)Nc3ccccc3Cl)C2=O)ccc1OCc1ccccc1C#N. The maximum absolute atomic E-state index is 12.8. The van der Waals surface area contributed by atoms with Gasteiger partial charge in [0, 0.05) is 5.56 Å². The highest BCUT2D eigenvalue weighted by atomic mass is 35.5. The quantitative estimate of drug-likeness (QED) is 0.382. The summed E-state index contributed by atoms with van der Waals surface area (Å²) in [6.07, 6.45) is 1.55. The van der Waals surface area contributed by atoms with Crippen molar-refractivity contribution in [2.45, 2.75) is 6.61 Å². The number of halogens is 1. The first kappa shape index (κ1) is 25.8. The number of amides is 3. The van der Waals surface area contributed by atoms with Crippen LogP contribution in [0.3, 0.4) is 0 Å². The average Bonchev–Trinajstić information content (AvgIpc) is 3.16. The van der Waals surface area contributed by atoms with Crippen molar-refractivity contribution in [2.24, 2.45) is 0 Å². The monoisotopic (exact) mass is 533 g/mol. The number of thioether (sulfide) groups is 1. The molecule has 1 N–H and O–H groups in total. The van der Waals surface area contributed by atoms with Crippen molar-refractivity contribution < 1.29 is 23.9 Å². The summed E-state index contributed by atoms with van der Waals surface area (Å²) in [7, 11) is 1.49. The van der Waals surface area contributed by atoms with Gasteiger partial charge in [0.15, 0.2) is 11.5 Å². The Balaban J connectivity index is 1.44. The summed E-state index contributed by atoms with van der Waals surface area (Å²) in [5, 5.41) is 11.7. The molecule has 0 unspecified atom stereocenters. The summed E-state index contributed by atoms with van der Waals surface area (Å²) in [5.74, 6) is -0.243. The molecule has 3 aromatic carbocycles. The van der Waals surface area contributed by atoms with Crippen LogP contribution in [0.2, 0.25) is 5.02 Å². The van der Waals surface area contributed by atoms with Crippen molar-refractivity contribution in [3.05, 3.63) is 93.3 Å². The second-order valence-electron chi connectivity index (χ2n) is 7.76. The first-order chi connectivity index (χ1) is 17.9. The molecule has 0 spiro atoms. The Morgan fingerprint density at radius 3 is 2.62 bits per heavy atom. The number of rotatable bonds is 8. The summed E-state index contributed by atoms with van der Waals surface area (Å²) >= 11 is 6.80. The van der Waals surface area contributed by atoms with E-state index >= 15 is 0 Å². The normalized spacial score (nSPS) is 14.0. The van der Waals surface area contributed by atoms with E-state index in [0.717, 1.165) is 22.2 Å². The maximum atomic E-state index is 12.8. The minimum absolute atomic E-state index is 0.175. The van der Waals surface area contributed by atoms with E-state index in [2.05, 4.69) is 11.4 Å². The number of methoxy groups -OCH3 is 1. The van der Waals surface area contributed by atoms with Gasteiger partial charge in [-0.2, -0.15) is 5.26 Å². The molecule has 186 valence electrons. The fraction of sp³-hybridized carbons (Fsp3) is 0.111. The number of hydrogen-bond donors (Lipinski definition) is 1. The van der Waals surface area contributed by atoms with Crippen LogP contribution < -0.4 is 14.8 Å². The van der Waals surface area contributed by atoms with E-state index in [4.69, 9.17) is 21.1 Å². The molecule has 0 aromatic heterocycles. The van der Waals surface area contributed by atoms with Crippen LogP contribution in [0.15, 0.2) is 71.6 Å². The van der Waals surface area contributed by atoms with Crippen LogP contribution in [0, 0.1) is 11.3 Å². The zero-order chi connectivity index (χ0) is 26.4. The number of nitrogens with one attached hydrogen (secondary N) is 1. The number of carbonyl (C=O) groups is 3. The molecular formula is C27H20ClN3O5S. The Morgan fingerprint density at radius 1 is 1.11 bits per heavy atom. The standard InChI is InChI=1S/C27H20ClN3O5S/c1-35-23-12-17(10-11-22(23)36-16-19-7-3-2-6-18(19)14-29)13-24-26(33)31(27(34)37-24)15-25(32)30-21-9-5-4-8-20(21)28/h2-13H,15-16H2,1H3,(H,30,32). The molecule has 37 heavy (non-hydrogen) atoms. The molecule has 1 aliphatic rings. The number of para-hydroxylation sites is 1. The van der Waals surface area contributed by atoms with Crippen LogP contribution in [-0.2, 0) is 16.2 Å². The second kappa shape index (κ2) is 11.6. The Hall–Kier alpha value is -4.26. The van der Waals surface area contributed by atoms with Crippen LogP contribution in [0.1, 0.15) is 16.7 Å². The molecule has 1 fully saturated rings. The number of ether oxygens (including phenoxy) is 2. The molecular weight excluding hydrogens is 514 g/mol. The molecule has 8 nitrogen and oxygen atoms in total. The Kier molecular flexibility index (Phi) is 8.13. The van der Waals surface area contributed by atoms with Crippen molar-refractivity contribution in [2.75, 3.05) is 19.0 Å². The van der Waals surface area contributed by atoms with Gasteiger partial charge >= 0.3 is 0 Å². The van der Waals surface area contributed by atoms with E-state index < -0.39 is 23.6 Å². The molecule has 3 amide bonds. The van der Waals surface area contributed by atoms with E-state index in [-0.39, 0.29) is 11.5 Å². The lowest BCUT2D eigenvalue weighted by molar-refractivity contribution is -0.127. The molecule has 1 aliphatic heterocycles. The van der Waals surface area contributed by atoms with E-state index in [1.807, 2.05) is 12.1 Å². The summed E-state index contributed by atoms with van der Waals surface area (Å²) < 4.78 is 11.3. The Morgan fingerprint density at radius 2 is 1.86 bits per heavy atom. The lowest BCUT2D eigenvalue weighted by atomic mass is 10.1. The van der Waals surface area contributed by atoms with Gasteiger partial charge in [0.05, 0.1) is 34.4 Å². The van der Waals surface area contributed by atoms with Gasteiger partial charge in [-0.05, 0) is 53.7 Å². The number of hydrogen-bond acceptors (Lipinski definition) is 7. The van der Waals surface area contributed by atoms with Crippen molar-refractivity contribution in [3.8, 4) is 17.6 Å². The topological polar surface area (TPSA) is 109 Å². The van der Waals surface area contributed by atoms with Crippen molar-refractivity contribution in [1.82, 2.24) is 4.90 Å². The van der Waals surface area contributed by atoms with Gasteiger partial charge in [-0.1, -0.05) is 48.0 Å². The molecule has 0 radical (unpaired) electrons. The van der Waals surface area contributed by atoms with Gasteiger partial charge < -0.3 is 14.8 Å². The van der Waals surface area contributed by atoms with Crippen LogP contribution in [0.4, 0.5) is 10.5 Å². The zero-order valence-electron chi connectivity index (χ0n) is 19.6. The van der Waals surface area contributed by atoms with E-state index in [9.17, 15) is 19.6 Å². The third-order valence-corrected chi connectivity index (χ3v) is 6.57. The molecule has 10 heteroatoms. The van der Waals surface area contributed by atoms with E-state index in [1.165, 1.54) is 7.11 Å². The smallest absolute Gasteiger partial charge is 0.294 e. The predicted molar refractivity (Wildman–Crippen MR) is 141 cm³/mol. The van der Waals surface area contributed by atoms with Gasteiger partial charge in [-0.15, -0.1) is 0 Å². The van der Waals surface area contributed by atoms with Crippen LogP contribution in [0.5, 0.6) is 11.5 Å². The summed E-state index contributed by atoms with van der Waals surface area (Å²) in [5.41, 5.74) is 2.26. The lowest BCUT2D eigenvalue weighted by Gasteiger charge is -2.13. The number of nitrogens with zero attached hydrogens (tertiary/aromatic N) is 2. The Bertz CT molecular complexity index is 1450. The Labute approximate surface area is 222 Å². The third-order valence-electron chi connectivity index (χ3n) is 5.33. The fourth-order valence-corrected chi connectivity index (χ4v) is 4.51. The van der Waals surface area contributed by atoms with E-state index in [0.29, 0.717) is 33.3 Å². The first-order valence-corrected chi connectivity index (χ1v) is 12.2. The zero-order valence-corrected chi connectivity index (χ0v) is 21.1. The summed E-state index contributed by atoms with van der Waals surface area (Å²) in [4.78, 5) is 38.8. The van der Waals surface area contributed by atoms with Gasteiger partial charge in [0.1, 0.15) is 13.2 Å². The minimum Gasteiger partial charge on any atom is -0.493 e. The second-order valence-corrected chi connectivity index (χ2v) is 9.16. The number of anilines is 1. The summed E-state index contributed by atoms with van der Waals surface area (Å²) in [6.45, 7) is -0.262. The molecule has 0 aliphatic carbocycles. The van der Waals surface area contributed by atoms with Crippen LogP contribution in [0.25, 0.3) is 6.08 Å². The predicted octanol–water partition coefficient (Wildman–Crippen LogP) is 5.47. The highest BCUT2D eigenvalue weighted by Gasteiger charge is 2.36. The number of carbonyl (C=O) groups excluding carboxylic acids is 3. The lowest BCUT2D eigenvalue weighted by Crippen LogP contribution is -2.36. The molecule has 0 saturated carbocycles. The highest BCUT2D eigenvalue weighted by Crippen LogP contribution is 2.35. The van der Waals surface area contributed by atoms with Gasteiger partial charge in [0.25, 0.3) is 11.1 Å². The van der Waals surface area contributed by atoms with Crippen molar-refractivity contribution in [1.29, 1.82) is 5.26 Å². The third kappa shape index (κ3) is 6.12. The number of imide groups is 1. The number of nitriles is 1. The van der Waals surface area contributed by atoms with Gasteiger partial charge in [-0.3, -0.25) is 19.3 Å². The van der Waals surface area contributed by atoms with Crippen LogP contribution in [-0.4, -0.2) is 35.6 Å². The molecule has 4 rings (SSSR count). The highest BCUT2D eigenvalue weighted by molar-refractivity contribution is 8.18.